The van der Waals surface area contributed by atoms with Gasteiger partial charge in [0, 0.05) is 12.8 Å². The Labute approximate surface area is 433 Å². The normalized spacial score (nSPS) is 13.1. The largest absolute Gasteiger partial charge is 0.462 e. The van der Waals surface area contributed by atoms with Crippen LogP contribution >= 0.6 is 0 Å². The van der Waals surface area contributed by atoms with Crippen molar-refractivity contribution in [3.8, 4) is 0 Å². The van der Waals surface area contributed by atoms with E-state index in [0.29, 0.717) is 12.8 Å². The molecule has 70 heavy (non-hydrogen) atoms. The second-order valence-corrected chi connectivity index (χ2v) is 19.0. The van der Waals surface area contributed by atoms with Crippen LogP contribution in [0.3, 0.4) is 0 Å². The molecular formula is C65H108O5. The highest BCUT2D eigenvalue weighted by atomic mass is 16.6. The quantitative estimate of drug-likeness (QED) is 0.0374. The summed E-state index contributed by atoms with van der Waals surface area (Å²) in [5.41, 5.74) is 0. The number of hydrogen-bond donors (Lipinski definition) is 1. The topological polar surface area (TPSA) is 72.8 Å². The first-order valence-corrected chi connectivity index (χ1v) is 29.1. The summed E-state index contributed by atoms with van der Waals surface area (Å²) in [6, 6.07) is 0. The van der Waals surface area contributed by atoms with Gasteiger partial charge in [-0.05, 0) is 103 Å². The second kappa shape index (κ2) is 59.6. The third kappa shape index (κ3) is 56.9. The zero-order valence-electron chi connectivity index (χ0n) is 45.5. The van der Waals surface area contributed by atoms with E-state index in [2.05, 4.69) is 135 Å². The van der Waals surface area contributed by atoms with Crippen molar-refractivity contribution in [2.45, 2.75) is 264 Å². The molecule has 5 heteroatoms. The van der Waals surface area contributed by atoms with Crippen molar-refractivity contribution in [2.75, 3.05) is 13.2 Å². The molecular weight excluding hydrogens is 861 g/mol. The molecule has 0 aliphatic heterocycles. The van der Waals surface area contributed by atoms with Gasteiger partial charge in [-0.2, -0.15) is 0 Å². The molecule has 5 nitrogen and oxygen atoms in total. The minimum absolute atomic E-state index is 0.0773. The number of unbranched alkanes of at least 4 members (excludes halogenated alkanes) is 24. The number of aliphatic hydroxyl groups is 1. The van der Waals surface area contributed by atoms with Gasteiger partial charge in [-0.15, -0.1) is 0 Å². The van der Waals surface area contributed by atoms with Crippen molar-refractivity contribution in [1.29, 1.82) is 0 Å². The van der Waals surface area contributed by atoms with Crippen LogP contribution in [-0.4, -0.2) is 36.4 Å². The molecule has 1 N–H and O–H groups in total. The Morgan fingerprint density at radius 2 is 0.571 bits per heavy atom. The van der Waals surface area contributed by atoms with Gasteiger partial charge in [-0.1, -0.05) is 264 Å². The van der Waals surface area contributed by atoms with Crippen LogP contribution in [0.25, 0.3) is 0 Å². The average Bonchev–Trinajstić information content (AvgIpc) is 3.36. The van der Waals surface area contributed by atoms with Gasteiger partial charge in [0.1, 0.15) is 6.61 Å². The molecule has 0 spiro atoms. The third-order valence-corrected chi connectivity index (χ3v) is 12.3. The van der Waals surface area contributed by atoms with Crippen molar-refractivity contribution in [3.05, 3.63) is 122 Å². The molecule has 0 amide bonds. The molecule has 0 saturated carbocycles. The Morgan fingerprint density at radius 1 is 0.329 bits per heavy atom. The minimum atomic E-state index is -0.785. The predicted octanol–water partition coefficient (Wildman–Crippen LogP) is 19.9. The summed E-state index contributed by atoms with van der Waals surface area (Å²) in [4.78, 5) is 24.5. The number of esters is 2. The van der Waals surface area contributed by atoms with E-state index >= 15 is 0 Å². The first-order valence-electron chi connectivity index (χ1n) is 29.1. The van der Waals surface area contributed by atoms with Crippen LogP contribution in [0.15, 0.2) is 122 Å². The maximum atomic E-state index is 12.3. The van der Waals surface area contributed by atoms with E-state index in [1.54, 1.807) is 0 Å². The highest BCUT2D eigenvalue weighted by Crippen LogP contribution is 2.16. The van der Waals surface area contributed by atoms with Crippen molar-refractivity contribution < 1.29 is 24.2 Å². The van der Waals surface area contributed by atoms with Crippen LogP contribution < -0.4 is 0 Å². The average molecular weight is 970 g/mol. The summed E-state index contributed by atoms with van der Waals surface area (Å²) in [6.45, 7) is 3.91. The molecule has 0 saturated heterocycles. The molecule has 0 heterocycles. The molecule has 1 atom stereocenters. The molecule has 0 rings (SSSR count). The van der Waals surface area contributed by atoms with E-state index in [1.165, 1.54) is 122 Å². The smallest absolute Gasteiger partial charge is 0.306 e. The number of hydrogen-bond acceptors (Lipinski definition) is 5. The molecule has 1 unspecified atom stereocenters. The fourth-order valence-corrected chi connectivity index (χ4v) is 7.96. The van der Waals surface area contributed by atoms with E-state index < -0.39 is 6.10 Å². The van der Waals surface area contributed by atoms with Gasteiger partial charge in [0.05, 0.1) is 6.61 Å². The number of ether oxygens (including phenoxy) is 2. The minimum Gasteiger partial charge on any atom is -0.462 e. The van der Waals surface area contributed by atoms with Crippen molar-refractivity contribution in [1.82, 2.24) is 0 Å². The predicted molar refractivity (Wildman–Crippen MR) is 306 cm³/mol. The van der Waals surface area contributed by atoms with E-state index in [-0.39, 0.29) is 25.2 Å². The fourth-order valence-electron chi connectivity index (χ4n) is 7.96. The van der Waals surface area contributed by atoms with Crippen molar-refractivity contribution >= 4 is 11.9 Å². The van der Waals surface area contributed by atoms with Gasteiger partial charge in [-0.3, -0.25) is 9.59 Å². The third-order valence-electron chi connectivity index (χ3n) is 12.3. The second-order valence-electron chi connectivity index (χ2n) is 19.0. The van der Waals surface area contributed by atoms with Crippen LogP contribution in [0.4, 0.5) is 0 Å². The lowest BCUT2D eigenvalue weighted by Crippen LogP contribution is -2.28. The summed E-state index contributed by atoms with van der Waals surface area (Å²) in [7, 11) is 0. The maximum Gasteiger partial charge on any atom is 0.306 e. The van der Waals surface area contributed by atoms with Gasteiger partial charge in [0.25, 0.3) is 0 Å². The monoisotopic (exact) mass is 969 g/mol. The number of rotatable bonds is 52. The number of aliphatic hydroxyl groups excluding tert-OH is 1. The first kappa shape index (κ1) is 66.3. The van der Waals surface area contributed by atoms with Gasteiger partial charge < -0.3 is 14.6 Å². The van der Waals surface area contributed by atoms with Crippen molar-refractivity contribution in [3.63, 3.8) is 0 Å². The van der Waals surface area contributed by atoms with Crippen LogP contribution in [0.5, 0.6) is 0 Å². The van der Waals surface area contributed by atoms with Crippen LogP contribution in [0, 0.1) is 0 Å². The SMILES string of the molecule is CC/C=C\C/C=C\C/C=C\C/C=C\C/C=C\C/C=C\CCCCCCCCCCCCCCCCCCCCC(=O)OC(CO)COC(=O)CCCCCCCC/C=C\C/C=C\C/C=C\C/C=C\CC. The molecule has 0 aromatic heterocycles. The van der Waals surface area contributed by atoms with Gasteiger partial charge in [0.2, 0.25) is 0 Å². The van der Waals surface area contributed by atoms with E-state index in [9.17, 15) is 14.7 Å². The Kier molecular flexibility index (Phi) is 56.5. The molecule has 0 bridgehead atoms. The summed E-state index contributed by atoms with van der Waals surface area (Å²) in [5, 5.41) is 9.65. The van der Waals surface area contributed by atoms with E-state index in [4.69, 9.17) is 9.47 Å². The first-order chi connectivity index (χ1) is 34.6. The van der Waals surface area contributed by atoms with Gasteiger partial charge in [0.15, 0.2) is 6.10 Å². The zero-order valence-corrected chi connectivity index (χ0v) is 45.5. The number of allylic oxidation sites excluding steroid dienone is 20. The van der Waals surface area contributed by atoms with Gasteiger partial charge in [-0.25, -0.2) is 0 Å². The van der Waals surface area contributed by atoms with E-state index in [1.807, 2.05) is 0 Å². The highest BCUT2D eigenvalue weighted by molar-refractivity contribution is 5.70. The molecule has 0 fully saturated rings. The zero-order chi connectivity index (χ0) is 50.6. The molecule has 0 aliphatic carbocycles. The molecule has 0 aromatic rings. The summed E-state index contributed by atoms with van der Waals surface area (Å²) >= 11 is 0. The highest BCUT2D eigenvalue weighted by Gasteiger charge is 2.16. The van der Waals surface area contributed by atoms with Crippen LogP contribution in [0.1, 0.15) is 258 Å². The summed E-state index contributed by atoms with van der Waals surface area (Å²) in [5.74, 6) is -0.606. The lowest BCUT2D eigenvalue weighted by Gasteiger charge is -2.15. The fraction of sp³-hybridized carbons (Fsp3) is 0.662. The summed E-state index contributed by atoms with van der Waals surface area (Å²) in [6.07, 6.45) is 87.5. The molecule has 398 valence electrons. The standard InChI is InChI=1S/C65H108O5/c1-3-5-7-9-11-13-15-17-19-21-23-24-25-26-27-28-29-30-31-32-33-34-35-36-37-38-39-40-42-44-46-48-50-52-54-56-58-60-65(68)70-63(61-66)62-69-64(67)59-57-55-53-51-49-47-45-43-41-22-20-18-16-14-12-10-8-6-4-2/h5-8,11-14,17-20,23-24,26-27,29-30,41,43,63,66H,3-4,9-10,15-16,21-22,25,28,31-40,42,44-62H2,1-2H3/b7-5-,8-6-,13-11-,14-12-,19-17-,20-18-,24-23-,27-26-,30-29-,43-41-. The maximum absolute atomic E-state index is 12.3. The lowest BCUT2D eigenvalue weighted by molar-refractivity contribution is -0.161. The number of carbonyl (C=O) groups excluding carboxylic acids is 2. The summed E-state index contributed by atoms with van der Waals surface area (Å²) < 4.78 is 10.7. The Morgan fingerprint density at radius 3 is 0.857 bits per heavy atom. The molecule has 0 aliphatic rings. The van der Waals surface area contributed by atoms with Gasteiger partial charge >= 0.3 is 11.9 Å². The molecule has 0 radical (unpaired) electrons. The Bertz CT molecular complexity index is 1420. The Hall–Kier alpha value is -3.70. The van der Waals surface area contributed by atoms with Crippen molar-refractivity contribution in [2.24, 2.45) is 0 Å². The van der Waals surface area contributed by atoms with Crippen LogP contribution in [0.2, 0.25) is 0 Å². The van der Waals surface area contributed by atoms with E-state index in [0.717, 1.165) is 109 Å². The molecule has 0 aromatic carbocycles. The van der Waals surface area contributed by atoms with Crippen LogP contribution in [-0.2, 0) is 19.1 Å². The number of carbonyl (C=O) groups is 2. The Balaban J connectivity index is 3.49. The lowest BCUT2D eigenvalue weighted by atomic mass is 10.0.